The zero-order chi connectivity index (χ0) is 18.9. The van der Waals surface area contributed by atoms with E-state index in [1.165, 1.54) is 11.1 Å². The molecule has 0 aliphatic rings. The fraction of sp³-hybridized carbons (Fsp3) is 0.500. The van der Waals surface area contributed by atoms with E-state index in [1.807, 2.05) is 14.2 Å². The molecule has 0 spiro atoms. The lowest BCUT2D eigenvalue weighted by Gasteiger charge is -2.50. The second-order valence-electron chi connectivity index (χ2n) is 7.00. The van der Waals surface area contributed by atoms with E-state index in [0.29, 0.717) is 0 Å². The van der Waals surface area contributed by atoms with Crippen LogP contribution in [0.4, 0.5) is 0 Å². The summed E-state index contributed by atoms with van der Waals surface area (Å²) in [5, 5.41) is 0. The minimum absolute atomic E-state index is 0.518. The Morgan fingerprint density at radius 3 is 1.23 bits per heavy atom. The van der Waals surface area contributed by atoms with E-state index >= 15 is 0 Å². The highest BCUT2D eigenvalue weighted by molar-refractivity contribution is 5.35. The molecule has 0 saturated carbocycles. The average Bonchev–Trinajstić information content (AvgIpc) is 2.72. The summed E-state index contributed by atoms with van der Waals surface area (Å²) in [5.74, 6) is 0. The SMILES string of the molecule is CCCCC(OC)(c1ccccc1)C(CCCC)(OC)c1ccccc1. The molecule has 0 N–H and O–H groups in total. The molecule has 26 heavy (non-hydrogen) atoms. The summed E-state index contributed by atoms with van der Waals surface area (Å²) in [6, 6.07) is 21.2. The quantitative estimate of drug-likeness (QED) is 0.461. The Bertz CT molecular complexity index is 568. The minimum atomic E-state index is -0.518. The summed E-state index contributed by atoms with van der Waals surface area (Å²) in [5.41, 5.74) is 1.35. The van der Waals surface area contributed by atoms with Crippen molar-refractivity contribution in [3.05, 3.63) is 71.8 Å². The molecule has 0 saturated heterocycles. The molecule has 2 rings (SSSR count). The molecule has 2 heteroatoms. The fourth-order valence-electron chi connectivity index (χ4n) is 4.19. The van der Waals surface area contributed by atoms with E-state index < -0.39 is 11.2 Å². The van der Waals surface area contributed by atoms with Gasteiger partial charge >= 0.3 is 0 Å². The molecule has 0 aliphatic carbocycles. The van der Waals surface area contributed by atoms with Crippen LogP contribution >= 0.6 is 0 Å². The first kappa shape index (κ1) is 20.7. The molecule has 0 aliphatic heterocycles. The number of hydrogen-bond donors (Lipinski definition) is 0. The van der Waals surface area contributed by atoms with Crippen LogP contribution in [0.15, 0.2) is 60.7 Å². The van der Waals surface area contributed by atoms with Gasteiger partial charge in [-0.2, -0.15) is 0 Å². The third-order valence-corrected chi connectivity index (χ3v) is 5.59. The molecule has 0 heterocycles. The van der Waals surface area contributed by atoms with E-state index in [9.17, 15) is 0 Å². The van der Waals surface area contributed by atoms with Gasteiger partial charge in [0.05, 0.1) is 0 Å². The van der Waals surface area contributed by atoms with Crippen LogP contribution in [0.25, 0.3) is 0 Å². The predicted molar refractivity (Wildman–Crippen MR) is 109 cm³/mol. The Morgan fingerprint density at radius 2 is 0.962 bits per heavy atom. The highest BCUT2D eigenvalue weighted by Gasteiger charge is 2.53. The standard InChI is InChI=1S/C24H34O2/c1-5-7-19-23(25-3,21-15-11-9-12-16-21)24(26-4,20-8-6-2)22-17-13-10-14-18-22/h9-18H,5-8,19-20H2,1-4H3. The van der Waals surface area contributed by atoms with Crippen molar-refractivity contribution in [3.8, 4) is 0 Å². The molecule has 142 valence electrons. The number of unbranched alkanes of at least 4 members (excludes halogenated alkanes) is 2. The van der Waals surface area contributed by atoms with Crippen LogP contribution < -0.4 is 0 Å². The lowest BCUT2D eigenvalue weighted by atomic mass is 9.68. The molecule has 0 amide bonds. The summed E-state index contributed by atoms with van der Waals surface area (Å²) in [6.07, 6.45) is 6.28. The molecule has 0 aromatic heterocycles. The largest absolute Gasteiger partial charge is 0.370 e. The van der Waals surface area contributed by atoms with Gasteiger partial charge in [0.2, 0.25) is 0 Å². The second-order valence-corrected chi connectivity index (χ2v) is 7.00. The van der Waals surface area contributed by atoms with Crippen molar-refractivity contribution in [1.29, 1.82) is 0 Å². The van der Waals surface area contributed by atoms with Gasteiger partial charge in [-0.25, -0.2) is 0 Å². The van der Waals surface area contributed by atoms with E-state index in [0.717, 1.165) is 38.5 Å². The lowest BCUT2D eigenvalue weighted by molar-refractivity contribution is -0.208. The van der Waals surface area contributed by atoms with Crippen LogP contribution in [0.1, 0.15) is 63.5 Å². The van der Waals surface area contributed by atoms with Gasteiger partial charge in [-0.3, -0.25) is 0 Å². The molecule has 0 radical (unpaired) electrons. The second kappa shape index (κ2) is 9.89. The first-order valence-corrected chi connectivity index (χ1v) is 9.92. The van der Waals surface area contributed by atoms with Crippen LogP contribution in [-0.4, -0.2) is 14.2 Å². The zero-order valence-corrected chi connectivity index (χ0v) is 16.8. The molecule has 2 aromatic rings. The maximum absolute atomic E-state index is 6.41. The lowest BCUT2D eigenvalue weighted by Crippen LogP contribution is -2.52. The van der Waals surface area contributed by atoms with E-state index in [2.05, 4.69) is 74.5 Å². The van der Waals surface area contributed by atoms with Crippen LogP contribution in [0.5, 0.6) is 0 Å². The Hall–Kier alpha value is -1.64. The van der Waals surface area contributed by atoms with Gasteiger partial charge in [0.25, 0.3) is 0 Å². The maximum Gasteiger partial charge on any atom is 0.126 e. The number of methoxy groups -OCH3 is 2. The van der Waals surface area contributed by atoms with Crippen LogP contribution in [-0.2, 0) is 20.7 Å². The summed E-state index contributed by atoms with van der Waals surface area (Å²) in [4.78, 5) is 0. The van der Waals surface area contributed by atoms with Gasteiger partial charge in [-0.05, 0) is 24.0 Å². The van der Waals surface area contributed by atoms with Crippen molar-refractivity contribution in [3.63, 3.8) is 0 Å². The maximum atomic E-state index is 6.41. The van der Waals surface area contributed by atoms with Crippen molar-refractivity contribution >= 4 is 0 Å². The first-order chi connectivity index (χ1) is 12.7. The summed E-state index contributed by atoms with van der Waals surface area (Å²) < 4.78 is 12.8. The topological polar surface area (TPSA) is 18.5 Å². The normalized spacial score (nSPS) is 16.0. The highest BCUT2D eigenvalue weighted by atomic mass is 16.5. The first-order valence-electron chi connectivity index (χ1n) is 9.92. The number of hydrogen-bond acceptors (Lipinski definition) is 2. The molecule has 0 fully saturated rings. The molecule has 2 nitrogen and oxygen atoms in total. The Balaban J connectivity index is 2.71. The van der Waals surface area contributed by atoms with Gasteiger partial charge in [0.1, 0.15) is 11.2 Å². The number of benzene rings is 2. The highest BCUT2D eigenvalue weighted by Crippen LogP contribution is 2.51. The average molecular weight is 355 g/mol. The Morgan fingerprint density at radius 1 is 0.615 bits per heavy atom. The van der Waals surface area contributed by atoms with Gasteiger partial charge in [-0.1, -0.05) is 100 Å². The smallest absolute Gasteiger partial charge is 0.126 e. The van der Waals surface area contributed by atoms with Crippen LogP contribution in [0.2, 0.25) is 0 Å². The van der Waals surface area contributed by atoms with Crippen molar-refractivity contribution in [2.75, 3.05) is 14.2 Å². The Kier molecular flexibility index (Phi) is 7.86. The van der Waals surface area contributed by atoms with Gasteiger partial charge in [0.15, 0.2) is 0 Å². The summed E-state index contributed by atoms with van der Waals surface area (Å²) in [7, 11) is 3.68. The summed E-state index contributed by atoms with van der Waals surface area (Å²) >= 11 is 0. The van der Waals surface area contributed by atoms with Gasteiger partial charge in [0, 0.05) is 14.2 Å². The molecule has 2 aromatic carbocycles. The summed E-state index contributed by atoms with van der Waals surface area (Å²) in [6.45, 7) is 4.46. The monoisotopic (exact) mass is 354 g/mol. The van der Waals surface area contributed by atoms with Crippen LogP contribution in [0.3, 0.4) is 0 Å². The van der Waals surface area contributed by atoms with E-state index in [4.69, 9.17) is 9.47 Å². The van der Waals surface area contributed by atoms with Crippen molar-refractivity contribution in [1.82, 2.24) is 0 Å². The van der Waals surface area contributed by atoms with Crippen LogP contribution in [0, 0.1) is 0 Å². The fourth-order valence-corrected chi connectivity index (χ4v) is 4.19. The van der Waals surface area contributed by atoms with E-state index in [-0.39, 0.29) is 0 Å². The minimum Gasteiger partial charge on any atom is -0.370 e. The zero-order valence-electron chi connectivity index (χ0n) is 16.8. The third kappa shape index (κ3) is 3.87. The van der Waals surface area contributed by atoms with Crippen molar-refractivity contribution in [2.45, 2.75) is 63.6 Å². The molecular formula is C24H34O2. The molecule has 2 unspecified atom stereocenters. The van der Waals surface area contributed by atoms with Crippen molar-refractivity contribution in [2.24, 2.45) is 0 Å². The van der Waals surface area contributed by atoms with Gasteiger partial charge < -0.3 is 9.47 Å². The van der Waals surface area contributed by atoms with Gasteiger partial charge in [-0.15, -0.1) is 0 Å². The van der Waals surface area contributed by atoms with Crippen molar-refractivity contribution < 1.29 is 9.47 Å². The predicted octanol–water partition coefficient (Wildman–Crippen LogP) is 6.45. The molecular weight excluding hydrogens is 320 g/mol. The third-order valence-electron chi connectivity index (χ3n) is 5.59. The molecule has 2 atom stereocenters. The Labute approximate surface area is 159 Å². The molecule has 0 bridgehead atoms. The number of ether oxygens (including phenoxy) is 2. The van der Waals surface area contributed by atoms with E-state index in [1.54, 1.807) is 0 Å². The number of rotatable bonds is 11.